The van der Waals surface area contributed by atoms with E-state index in [1.165, 1.54) is 19.3 Å². The van der Waals surface area contributed by atoms with Crippen molar-refractivity contribution in [2.75, 3.05) is 5.73 Å². The largest absolute Gasteiger partial charge is 0.399 e. The fourth-order valence-electron chi connectivity index (χ4n) is 4.64. The first-order valence-corrected chi connectivity index (χ1v) is 7.36. The Morgan fingerprint density at radius 3 is 2.68 bits per heavy atom. The molecule has 3 heteroatoms. The van der Waals surface area contributed by atoms with Crippen molar-refractivity contribution in [2.24, 2.45) is 23.7 Å². The summed E-state index contributed by atoms with van der Waals surface area (Å²) in [5.74, 6) is 3.59. The monoisotopic (exact) mass is 256 g/mol. The molecule has 3 aliphatic rings. The van der Waals surface area contributed by atoms with E-state index >= 15 is 0 Å². The molecule has 100 valence electrons. The van der Waals surface area contributed by atoms with Crippen LogP contribution in [0, 0.1) is 23.7 Å². The van der Waals surface area contributed by atoms with Gasteiger partial charge in [0.05, 0.1) is 6.42 Å². The second-order valence-corrected chi connectivity index (χ2v) is 6.50. The molecule has 2 bridgehead atoms. The van der Waals surface area contributed by atoms with Crippen molar-refractivity contribution < 1.29 is 4.79 Å². The number of amides is 1. The Kier molecular flexibility index (Phi) is 2.38. The lowest BCUT2D eigenvalue weighted by atomic mass is 10.0. The van der Waals surface area contributed by atoms with Crippen molar-refractivity contribution in [3.05, 3.63) is 29.8 Å². The van der Waals surface area contributed by atoms with Gasteiger partial charge in [-0.2, -0.15) is 0 Å². The van der Waals surface area contributed by atoms with E-state index in [0.717, 1.165) is 34.9 Å². The van der Waals surface area contributed by atoms with E-state index in [-0.39, 0.29) is 5.91 Å². The summed E-state index contributed by atoms with van der Waals surface area (Å²) in [4.78, 5) is 12.1. The van der Waals surface area contributed by atoms with Gasteiger partial charge in [0.25, 0.3) is 0 Å². The van der Waals surface area contributed by atoms with Gasteiger partial charge in [0.2, 0.25) is 5.91 Å². The Bertz CT molecular complexity index is 511. The predicted octanol–water partition coefficient (Wildman–Crippen LogP) is 1.97. The number of carbonyl (C=O) groups excluding carboxylic acids is 1. The lowest BCUT2D eigenvalue weighted by molar-refractivity contribution is -0.120. The minimum atomic E-state index is 0.157. The molecule has 0 heterocycles. The molecule has 0 aliphatic heterocycles. The van der Waals surface area contributed by atoms with Crippen LogP contribution >= 0.6 is 0 Å². The van der Waals surface area contributed by atoms with Crippen LogP contribution < -0.4 is 11.1 Å². The second kappa shape index (κ2) is 3.99. The maximum atomic E-state index is 12.1. The van der Waals surface area contributed by atoms with Gasteiger partial charge >= 0.3 is 0 Å². The zero-order chi connectivity index (χ0) is 13.0. The van der Waals surface area contributed by atoms with Crippen molar-refractivity contribution >= 4 is 11.6 Å². The lowest BCUT2D eigenvalue weighted by Crippen LogP contribution is -2.31. The normalized spacial score (nSPS) is 38.0. The quantitative estimate of drug-likeness (QED) is 0.812. The summed E-state index contributed by atoms with van der Waals surface area (Å²) in [6.07, 6.45) is 4.67. The number of fused-ring (bicyclic) bond motifs is 5. The molecular formula is C16H20N2O. The van der Waals surface area contributed by atoms with Crippen molar-refractivity contribution in [1.82, 2.24) is 5.32 Å². The highest BCUT2D eigenvalue weighted by Crippen LogP contribution is 2.65. The highest BCUT2D eigenvalue weighted by molar-refractivity contribution is 5.79. The van der Waals surface area contributed by atoms with Crippen LogP contribution in [-0.4, -0.2) is 11.9 Å². The van der Waals surface area contributed by atoms with E-state index in [9.17, 15) is 4.79 Å². The molecule has 3 nitrogen and oxygen atoms in total. The average molecular weight is 256 g/mol. The van der Waals surface area contributed by atoms with Gasteiger partial charge in [0.1, 0.15) is 0 Å². The third-order valence-electron chi connectivity index (χ3n) is 5.38. The van der Waals surface area contributed by atoms with E-state index in [1.807, 2.05) is 24.3 Å². The van der Waals surface area contributed by atoms with Gasteiger partial charge in [-0.3, -0.25) is 4.79 Å². The van der Waals surface area contributed by atoms with Crippen molar-refractivity contribution in [1.29, 1.82) is 0 Å². The summed E-state index contributed by atoms with van der Waals surface area (Å²) in [5, 5.41) is 3.24. The molecule has 4 atom stereocenters. The highest BCUT2D eigenvalue weighted by Gasteiger charge is 2.65. The Balaban J connectivity index is 1.36. The Morgan fingerprint density at radius 2 is 2.00 bits per heavy atom. The summed E-state index contributed by atoms with van der Waals surface area (Å²) < 4.78 is 0. The van der Waals surface area contributed by atoms with E-state index in [2.05, 4.69) is 5.32 Å². The van der Waals surface area contributed by atoms with Crippen molar-refractivity contribution in [3.8, 4) is 0 Å². The number of anilines is 1. The molecule has 4 rings (SSSR count). The van der Waals surface area contributed by atoms with Crippen molar-refractivity contribution in [2.45, 2.75) is 31.7 Å². The highest BCUT2D eigenvalue weighted by atomic mass is 16.1. The van der Waals surface area contributed by atoms with Gasteiger partial charge in [0.15, 0.2) is 0 Å². The number of rotatable bonds is 3. The molecule has 3 saturated carbocycles. The molecule has 0 aromatic heterocycles. The Labute approximate surface area is 113 Å². The number of nitrogens with one attached hydrogen (secondary N) is 1. The third-order valence-corrected chi connectivity index (χ3v) is 5.38. The van der Waals surface area contributed by atoms with Crippen LogP contribution in [0.1, 0.15) is 24.8 Å². The third kappa shape index (κ3) is 1.83. The Morgan fingerprint density at radius 1 is 1.26 bits per heavy atom. The molecule has 3 N–H and O–H groups in total. The molecule has 1 aromatic carbocycles. The Hall–Kier alpha value is -1.51. The summed E-state index contributed by atoms with van der Waals surface area (Å²) in [5.41, 5.74) is 7.47. The van der Waals surface area contributed by atoms with Crippen LogP contribution in [0.4, 0.5) is 5.69 Å². The second-order valence-electron chi connectivity index (χ2n) is 6.50. The standard InChI is InChI=1S/C16H20N2O/c17-12-3-1-2-9(6-12)7-13(19)18-16-14-10-4-5-11(8-10)15(14)16/h1-3,6,10-11,14-16H,4-5,7-8,17H2,(H,18,19). The summed E-state index contributed by atoms with van der Waals surface area (Å²) in [6.45, 7) is 0. The van der Waals surface area contributed by atoms with Gasteiger partial charge in [-0.05, 0) is 60.6 Å². The lowest BCUT2D eigenvalue weighted by Gasteiger charge is -2.10. The molecule has 4 unspecified atom stereocenters. The van der Waals surface area contributed by atoms with Crippen LogP contribution in [0.15, 0.2) is 24.3 Å². The number of nitrogen functional groups attached to an aromatic ring is 1. The van der Waals surface area contributed by atoms with Crippen molar-refractivity contribution in [3.63, 3.8) is 0 Å². The molecule has 19 heavy (non-hydrogen) atoms. The van der Waals surface area contributed by atoms with Gasteiger partial charge in [-0.15, -0.1) is 0 Å². The van der Waals surface area contributed by atoms with Gasteiger partial charge in [0, 0.05) is 11.7 Å². The van der Waals surface area contributed by atoms with Gasteiger partial charge in [-0.25, -0.2) is 0 Å². The van der Waals surface area contributed by atoms with Crippen LogP contribution in [0.2, 0.25) is 0 Å². The summed E-state index contributed by atoms with van der Waals surface area (Å²) in [7, 11) is 0. The van der Waals surface area contributed by atoms with E-state index in [0.29, 0.717) is 12.5 Å². The van der Waals surface area contributed by atoms with E-state index in [1.54, 1.807) is 0 Å². The molecular weight excluding hydrogens is 236 g/mol. The smallest absolute Gasteiger partial charge is 0.224 e. The fourth-order valence-corrected chi connectivity index (χ4v) is 4.64. The minimum absolute atomic E-state index is 0.157. The number of benzene rings is 1. The van der Waals surface area contributed by atoms with E-state index < -0.39 is 0 Å². The SMILES string of the molecule is Nc1cccc(CC(=O)NC2C3C4CCC(C4)C23)c1. The molecule has 1 aromatic rings. The first-order valence-electron chi connectivity index (χ1n) is 7.36. The first-order chi connectivity index (χ1) is 9.22. The zero-order valence-electron chi connectivity index (χ0n) is 11.0. The number of hydrogen-bond donors (Lipinski definition) is 2. The fraction of sp³-hybridized carbons (Fsp3) is 0.562. The van der Waals surface area contributed by atoms with Crippen LogP contribution in [0.25, 0.3) is 0 Å². The topological polar surface area (TPSA) is 55.1 Å². The summed E-state index contributed by atoms with van der Waals surface area (Å²) in [6, 6.07) is 8.10. The molecule has 3 aliphatic carbocycles. The predicted molar refractivity (Wildman–Crippen MR) is 74.3 cm³/mol. The molecule has 0 spiro atoms. The average Bonchev–Trinajstić information content (AvgIpc) is 2.78. The molecule has 0 saturated heterocycles. The van der Waals surface area contributed by atoms with Crippen LogP contribution in [-0.2, 0) is 11.2 Å². The number of hydrogen-bond acceptors (Lipinski definition) is 2. The van der Waals surface area contributed by atoms with Gasteiger partial charge < -0.3 is 11.1 Å². The molecule has 3 fully saturated rings. The van der Waals surface area contributed by atoms with Gasteiger partial charge in [-0.1, -0.05) is 12.1 Å². The molecule has 0 radical (unpaired) electrons. The van der Waals surface area contributed by atoms with Crippen LogP contribution in [0.5, 0.6) is 0 Å². The first kappa shape index (κ1) is 11.3. The molecule has 1 amide bonds. The maximum Gasteiger partial charge on any atom is 0.224 e. The van der Waals surface area contributed by atoms with E-state index in [4.69, 9.17) is 5.73 Å². The zero-order valence-corrected chi connectivity index (χ0v) is 11.0. The maximum absolute atomic E-state index is 12.1. The summed E-state index contributed by atoms with van der Waals surface area (Å²) >= 11 is 0. The number of carbonyl (C=O) groups is 1. The van der Waals surface area contributed by atoms with Crippen LogP contribution in [0.3, 0.4) is 0 Å². The minimum Gasteiger partial charge on any atom is -0.399 e. The number of nitrogens with two attached hydrogens (primary N) is 1.